The Morgan fingerprint density at radius 2 is 1.08 bits per heavy atom. The van der Waals surface area contributed by atoms with Gasteiger partial charge in [0.25, 0.3) is 0 Å². The fourth-order valence-electron chi connectivity index (χ4n) is 2.99. The van der Waals surface area contributed by atoms with Gasteiger partial charge in [0, 0.05) is 19.9 Å². The summed E-state index contributed by atoms with van der Waals surface area (Å²) in [6, 6.07) is -2.91. The number of nitrogens with one attached hydrogen (secondary N) is 3. The highest BCUT2D eigenvalue weighted by Crippen LogP contribution is 2.15. The van der Waals surface area contributed by atoms with Crippen molar-refractivity contribution in [2.24, 2.45) is 0 Å². The van der Waals surface area contributed by atoms with Crippen LogP contribution in [0.15, 0.2) is 0 Å². The number of rotatable bonds is 12. The van der Waals surface area contributed by atoms with Gasteiger partial charge in [0.2, 0.25) is 5.91 Å². The lowest BCUT2D eigenvalue weighted by Crippen LogP contribution is -2.53. The van der Waals surface area contributed by atoms with Crippen molar-refractivity contribution >= 4 is 29.8 Å². The van der Waals surface area contributed by atoms with Crippen molar-refractivity contribution in [1.82, 2.24) is 16.0 Å². The van der Waals surface area contributed by atoms with Crippen LogP contribution in [0.2, 0.25) is 0 Å². The van der Waals surface area contributed by atoms with Crippen molar-refractivity contribution in [2.45, 2.75) is 130 Å². The van der Waals surface area contributed by atoms with Crippen molar-refractivity contribution in [3.63, 3.8) is 0 Å². The van der Waals surface area contributed by atoms with E-state index in [9.17, 15) is 24.0 Å². The van der Waals surface area contributed by atoms with Crippen LogP contribution in [0.1, 0.15) is 101 Å². The van der Waals surface area contributed by atoms with Crippen LogP contribution in [-0.4, -0.2) is 65.3 Å². The topological polar surface area (TPSA) is 149 Å². The van der Waals surface area contributed by atoms with Crippen LogP contribution in [0.3, 0.4) is 0 Å². The van der Waals surface area contributed by atoms with Crippen LogP contribution in [0.5, 0.6) is 0 Å². The Morgan fingerprint density at radius 3 is 1.49 bits per heavy atom. The molecule has 0 radical (unpaired) electrons. The van der Waals surface area contributed by atoms with Crippen molar-refractivity contribution in [1.29, 1.82) is 0 Å². The molecule has 0 aliphatic rings. The zero-order valence-corrected chi connectivity index (χ0v) is 24.2. The molecule has 0 fully saturated rings. The molecule has 0 saturated heterocycles. The minimum Gasteiger partial charge on any atom is -0.460 e. The highest BCUT2D eigenvalue weighted by molar-refractivity contribution is 5.87. The first-order chi connectivity index (χ1) is 16.7. The van der Waals surface area contributed by atoms with E-state index < -0.39 is 52.8 Å². The van der Waals surface area contributed by atoms with E-state index in [0.717, 1.165) is 0 Å². The van der Waals surface area contributed by atoms with Gasteiger partial charge in [-0.05, 0) is 88.0 Å². The van der Waals surface area contributed by atoms with Gasteiger partial charge in [0.1, 0.15) is 28.9 Å². The summed E-state index contributed by atoms with van der Waals surface area (Å²) >= 11 is 0. The summed E-state index contributed by atoms with van der Waals surface area (Å²) < 4.78 is 16.1. The predicted octanol–water partition coefficient (Wildman–Crippen LogP) is 3.13. The normalized spacial score (nSPS) is 13.6. The second kappa shape index (κ2) is 14.8. The van der Waals surface area contributed by atoms with Gasteiger partial charge in [-0.3, -0.25) is 9.59 Å². The molecule has 11 heteroatoms. The second-order valence-electron chi connectivity index (χ2n) is 11.9. The molecule has 0 aromatic carbocycles. The summed E-state index contributed by atoms with van der Waals surface area (Å²) in [5, 5.41) is 7.78. The van der Waals surface area contributed by atoms with E-state index in [2.05, 4.69) is 16.0 Å². The molecule has 0 aromatic heterocycles. The minimum atomic E-state index is -1.15. The van der Waals surface area contributed by atoms with Gasteiger partial charge in [-0.15, -0.1) is 0 Å². The van der Waals surface area contributed by atoms with Gasteiger partial charge in [0.05, 0.1) is 0 Å². The first-order valence-corrected chi connectivity index (χ1v) is 12.7. The van der Waals surface area contributed by atoms with Crippen LogP contribution in [-0.2, 0) is 33.4 Å². The van der Waals surface area contributed by atoms with Crippen LogP contribution in [0.4, 0.5) is 4.79 Å². The van der Waals surface area contributed by atoms with E-state index in [1.807, 2.05) is 0 Å². The smallest absolute Gasteiger partial charge is 0.329 e. The summed E-state index contributed by atoms with van der Waals surface area (Å²) in [4.78, 5) is 61.6. The molecule has 3 N–H and O–H groups in total. The molecule has 0 aromatic rings. The Morgan fingerprint density at radius 1 is 0.649 bits per heavy atom. The van der Waals surface area contributed by atoms with Crippen molar-refractivity contribution < 1.29 is 38.2 Å². The quantitative estimate of drug-likeness (QED) is 0.198. The maximum Gasteiger partial charge on any atom is 0.329 e. The maximum absolute atomic E-state index is 12.8. The van der Waals surface area contributed by atoms with E-state index in [1.165, 1.54) is 6.92 Å². The third kappa shape index (κ3) is 19.0. The third-order valence-corrected chi connectivity index (χ3v) is 4.34. The van der Waals surface area contributed by atoms with Gasteiger partial charge in [-0.2, -0.15) is 0 Å². The molecule has 0 saturated carbocycles. The van der Waals surface area contributed by atoms with Crippen molar-refractivity contribution in [3.05, 3.63) is 0 Å². The molecular formula is C26H47N3O8. The molecule has 11 nitrogen and oxygen atoms in total. The van der Waals surface area contributed by atoms with Gasteiger partial charge in [-0.1, -0.05) is 0 Å². The molecule has 0 spiro atoms. The predicted molar refractivity (Wildman–Crippen MR) is 139 cm³/mol. The number of hydrogen-bond donors (Lipinski definition) is 3. The van der Waals surface area contributed by atoms with Crippen LogP contribution < -0.4 is 16.0 Å². The third-order valence-electron chi connectivity index (χ3n) is 4.34. The van der Waals surface area contributed by atoms with E-state index in [1.54, 1.807) is 62.3 Å². The van der Waals surface area contributed by atoms with E-state index in [4.69, 9.17) is 14.2 Å². The Hall–Kier alpha value is -2.85. The number of esters is 3. The number of unbranched alkanes of at least 4 members (excludes halogenated alkanes) is 1. The second-order valence-corrected chi connectivity index (χ2v) is 11.9. The molecule has 0 aliphatic heterocycles. The van der Waals surface area contributed by atoms with Crippen LogP contribution >= 0.6 is 0 Å². The number of ether oxygens (including phenoxy) is 3. The minimum absolute atomic E-state index is 0.0505. The van der Waals surface area contributed by atoms with Crippen LogP contribution in [0, 0.1) is 0 Å². The van der Waals surface area contributed by atoms with Gasteiger partial charge >= 0.3 is 23.9 Å². The van der Waals surface area contributed by atoms with Crippen molar-refractivity contribution in [2.75, 3.05) is 6.54 Å². The fourth-order valence-corrected chi connectivity index (χ4v) is 2.99. The first kappa shape index (κ1) is 34.1. The zero-order valence-electron chi connectivity index (χ0n) is 24.2. The molecular weight excluding hydrogens is 482 g/mol. The largest absolute Gasteiger partial charge is 0.460 e. The molecule has 0 aliphatic carbocycles. The van der Waals surface area contributed by atoms with E-state index >= 15 is 0 Å². The molecule has 0 unspecified atom stereocenters. The fraction of sp³-hybridized carbons (Fsp3) is 0.808. The molecule has 3 amide bonds. The van der Waals surface area contributed by atoms with Gasteiger partial charge in [-0.25, -0.2) is 14.4 Å². The van der Waals surface area contributed by atoms with Gasteiger partial charge in [0.15, 0.2) is 0 Å². The molecule has 0 heterocycles. The lowest BCUT2D eigenvalue weighted by molar-refractivity contribution is -0.159. The highest BCUT2D eigenvalue weighted by atomic mass is 16.6. The molecule has 0 bridgehead atoms. The SMILES string of the molecule is CC(=O)NCCCC[C@H](NC(=O)N[C@@H](CCC(=O)OC(C)(C)C)C(=O)OC(C)(C)C)C(=O)OC(C)(C)C. The summed E-state index contributed by atoms with van der Waals surface area (Å²) in [6.45, 7) is 17.3. The number of hydrogen-bond acceptors (Lipinski definition) is 8. The molecule has 0 rings (SSSR count). The maximum atomic E-state index is 12.8. The molecule has 2 atom stereocenters. The summed E-state index contributed by atoms with van der Waals surface area (Å²) in [7, 11) is 0. The number of urea groups is 1. The van der Waals surface area contributed by atoms with Gasteiger partial charge < -0.3 is 30.2 Å². The molecule has 37 heavy (non-hydrogen) atoms. The zero-order chi connectivity index (χ0) is 29.0. The lowest BCUT2D eigenvalue weighted by atomic mass is 10.1. The first-order valence-electron chi connectivity index (χ1n) is 12.7. The lowest BCUT2D eigenvalue weighted by Gasteiger charge is -2.27. The number of carbonyl (C=O) groups excluding carboxylic acids is 5. The standard InChI is InChI=1S/C26H47N3O8/c1-17(30)27-16-12-11-13-18(21(32)36-25(5,6)7)28-23(34)29-19(22(33)37-26(8,9)10)14-15-20(31)35-24(2,3)4/h18-19H,11-16H2,1-10H3,(H,27,30)(H2,28,29,34)/t18-,19-/m0/s1. The average molecular weight is 530 g/mol. The average Bonchev–Trinajstić information content (AvgIpc) is 2.65. The van der Waals surface area contributed by atoms with Crippen molar-refractivity contribution in [3.8, 4) is 0 Å². The number of amides is 3. The summed E-state index contributed by atoms with van der Waals surface area (Å²) in [5.41, 5.74) is -2.27. The molecule has 214 valence electrons. The van der Waals surface area contributed by atoms with E-state index in [0.29, 0.717) is 19.4 Å². The van der Waals surface area contributed by atoms with Crippen LogP contribution in [0.25, 0.3) is 0 Å². The Kier molecular flexibility index (Phi) is 13.6. The monoisotopic (exact) mass is 529 g/mol. The number of carbonyl (C=O) groups is 5. The summed E-state index contributed by atoms with van der Waals surface area (Å²) in [5.74, 6) is -2.00. The van der Waals surface area contributed by atoms with E-state index in [-0.39, 0.29) is 25.2 Å². The highest BCUT2D eigenvalue weighted by Gasteiger charge is 2.31. The Bertz CT molecular complexity index is 791. The summed E-state index contributed by atoms with van der Waals surface area (Å²) in [6.07, 6.45) is 1.21. The Balaban J connectivity index is 5.40. The Labute approximate surface area is 221 Å².